The van der Waals surface area contributed by atoms with Gasteiger partial charge in [-0.1, -0.05) is 31.2 Å². The maximum absolute atomic E-state index is 2.67. The SMILES string of the molecule is C[C@@H]1N(c2cccn2C)C2(C)CCC1(C)c1ccccc12. The molecule has 1 aromatic carbocycles. The lowest BCUT2D eigenvalue weighted by Gasteiger charge is -2.63. The van der Waals surface area contributed by atoms with E-state index in [1.165, 1.54) is 24.2 Å². The fraction of sp³-hybridized carbons (Fsp3) is 0.474. The largest absolute Gasteiger partial charge is 0.345 e. The summed E-state index contributed by atoms with van der Waals surface area (Å²) in [6, 6.07) is 14.0. The second kappa shape index (κ2) is 3.94. The lowest BCUT2D eigenvalue weighted by Crippen LogP contribution is -2.65. The van der Waals surface area contributed by atoms with Crippen molar-refractivity contribution < 1.29 is 0 Å². The van der Waals surface area contributed by atoms with Crippen molar-refractivity contribution in [3.63, 3.8) is 0 Å². The van der Waals surface area contributed by atoms with Gasteiger partial charge in [0.2, 0.25) is 0 Å². The van der Waals surface area contributed by atoms with Gasteiger partial charge in [-0.2, -0.15) is 0 Å². The van der Waals surface area contributed by atoms with Gasteiger partial charge in [0.15, 0.2) is 0 Å². The third-order valence-electron chi connectivity index (χ3n) is 6.26. The average Bonchev–Trinajstić information content (AvgIpc) is 2.89. The molecule has 2 aliphatic heterocycles. The lowest BCUT2D eigenvalue weighted by atomic mass is 9.56. The van der Waals surface area contributed by atoms with Gasteiger partial charge in [-0.05, 0) is 49.9 Å². The molecule has 5 rings (SSSR count). The Labute approximate surface area is 127 Å². The number of hydrogen-bond acceptors (Lipinski definition) is 1. The molecule has 0 saturated carbocycles. The summed E-state index contributed by atoms with van der Waals surface area (Å²) in [7, 11) is 2.15. The molecule has 1 aliphatic carbocycles. The van der Waals surface area contributed by atoms with Gasteiger partial charge < -0.3 is 9.47 Å². The van der Waals surface area contributed by atoms with Gasteiger partial charge in [0.1, 0.15) is 5.82 Å². The molecule has 2 aromatic rings. The first-order chi connectivity index (χ1) is 9.98. The van der Waals surface area contributed by atoms with E-state index in [1.807, 2.05) is 0 Å². The third-order valence-corrected chi connectivity index (χ3v) is 6.26. The van der Waals surface area contributed by atoms with Crippen LogP contribution < -0.4 is 4.90 Å². The molecule has 0 spiro atoms. The van der Waals surface area contributed by atoms with Crippen LogP contribution in [0.15, 0.2) is 42.6 Å². The van der Waals surface area contributed by atoms with E-state index in [1.54, 1.807) is 5.56 Å². The number of anilines is 1. The molecule has 2 bridgehead atoms. The number of fused-ring (bicyclic) bond motifs is 2. The summed E-state index contributed by atoms with van der Waals surface area (Å²) in [5.41, 5.74) is 3.45. The Morgan fingerprint density at radius 2 is 1.71 bits per heavy atom. The molecule has 0 amide bonds. The first kappa shape index (κ1) is 13.0. The summed E-state index contributed by atoms with van der Waals surface area (Å²) in [5.74, 6) is 1.34. The minimum absolute atomic E-state index is 0.111. The molecule has 0 N–H and O–H groups in total. The summed E-state index contributed by atoms with van der Waals surface area (Å²) in [5, 5.41) is 0. The van der Waals surface area contributed by atoms with Crippen LogP contribution in [0.25, 0.3) is 0 Å². The second-order valence-electron chi connectivity index (χ2n) is 7.26. The van der Waals surface area contributed by atoms with Crippen LogP contribution in [-0.4, -0.2) is 10.6 Å². The molecule has 3 heterocycles. The van der Waals surface area contributed by atoms with Crippen molar-refractivity contribution >= 4 is 5.82 Å². The van der Waals surface area contributed by atoms with Crippen LogP contribution in [-0.2, 0) is 18.0 Å². The van der Waals surface area contributed by atoms with Crippen LogP contribution in [0.4, 0.5) is 5.82 Å². The van der Waals surface area contributed by atoms with Gasteiger partial charge in [0.05, 0.1) is 5.54 Å². The van der Waals surface area contributed by atoms with Crippen molar-refractivity contribution in [3.05, 3.63) is 53.7 Å². The number of benzene rings is 1. The Morgan fingerprint density at radius 3 is 2.38 bits per heavy atom. The van der Waals surface area contributed by atoms with Crippen LogP contribution in [0, 0.1) is 0 Å². The Hall–Kier alpha value is -1.70. The monoisotopic (exact) mass is 280 g/mol. The summed E-state index contributed by atoms with van der Waals surface area (Å²) >= 11 is 0. The quantitative estimate of drug-likeness (QED) is 0.760. The summed E-state index contributed by atoms with van der Waals surface area (Å²) in [6.45, 7) is 7.28. The highest BCUT2D eigenvalue weighted by molar-refractivity contribution is 5.58. The summed E-state index contributed by atoms with van der Waals surface area (Å²) in [4.78, 5) is 2.67. The van der Waals surface area contributed by atoms with E-state index in [0.717, 1.165) is 0 Å². The molecule has 21 heavy (non-hydrogen) atoms. The molecule has 1 fully saturated rings. The van der Waals surface area contributed by atoms with E-state index in [9.17, 15) is 0 Å². The topological polar surface area (TPSA) is 8.17 Å². The van der Waals surface area contributed by atoms with Crippen molar-refractivity contribution in [1.29, 1.82) is 0 Å². The molecule has 1 aromatic heterocycles. The van der Waals surface area contributed by atoms with Crippen molar-refractivity contribution in [3.8, 4) is 0 Å². The Kier molecular flexibility index (Phi) is 2.44. The Balaban J connectivity index is 1.99. The van der Waals surface area contributed by atoms with Crippen LogP contribution in [0.2, 0.25) is 0 Å². The summed E-state index contributed by atoms with van der Waals surface area (Å²) in [6.07, 6.45) is 4.67. The molecule has 0 radical (unpaired) electrons. The first-order valence-corrected chi connectivity index (χ1v) is 7.99. The molecule has 1 saturated heterocycles. The molecule has 110 valence electrons. The van der Waals surface area contributed by atoms with Gasteiger partial charge in [-0.3, -0.25) is 0 Å². The standard InChI is InChI=1S/C19H24N2/c1-14-18(2)11-12-19(3,16-9-6-5-8-15(16)18)21(14)17-10-7-13-20(17)4/h5-10,13-14H,11-12H2,1-4H3/t14-,18?,19?/m0/s1. The number of aryl methyl sites for hydroxylation is 1. The van der Waals surface area contributed by atoms with Crippen LogP contribution >= 0.6 is 0 Å². The van der Waals surface area contributed by atoms with Crippen LogP contribution in [0.3, 0.4) is 0 Å². The number of nitrogens with zero attached hydrogens (tertiary/aromatic N) is 2. The maximum atomic E-state index is 2.67. The fourth-order valence-electron chi connectivity index (χ4n) is 4.77. The highest BCUT2D eigenvalue weighted by atomic mass is 15.3. The van der Waals surface area contributed by atoms with E-state index in [4.69, 9.17) is 0 Å². The zero-order valence-corrected chi connectivity index (χ0v) is 13.4. The first-order valence-electron chi connectivity index (χ1n) is 7.99. The van der Waals surface area contributed by atoms with E-state index >= 15 is 0 Å². The van der Waals surface area contributed by atoms with Crippen molar-refractivity contribution in [2.75, 3.05) is 4.90 Å². The summed E-state index contributed by atoms with van der Waals surface area (Å²) < 4.78 is 2.26. The predicted molar refractivity (Wildman–Crippen MR) is 87.7 cm³/mol. The number of aromatic nitrogens is 1. The van der Waals surface area contributed by atoms with E-state index in [-0.39, 0.29) is 11.0 Å². The van der Waals surface area contributed by atoms with E-state index in [0.29, 0.717) is 6.04 Å². The fourth-order valence-corrected chi connectivity index (χ4v) is 4.77. The Morgan fingerprint density at radius 1 is 1.00 bits per heavy atom. The molecule has 3 atom stereocenters. The Bertz CT molecular complexity index is 701. The zero-order chi connectivity index (χ0) is 14.8. The molecule has 2 unspecified atom stereocenters. The van der Waals surface area contributed by atoms with Gasteiger partial charge in [-0.25, -0.2) is 0 Å². The van der Waals surface area contributed by atoms with Crippen LogP contribution in [0.5, 0.6) is 0 Å². The smallest absolute Gasteiger partial charge is 0.109 e. The predicted octanol–water partition coefficient (Wildman–Crippen LogP) is 4.20. The maximum Gasteiger partial charge on any atom is 0.109 e. The van der Waals surface area contributed by atoms with Crippen molar-refractivity contribution in [1.82, 2.24) is 4.57 Å². The normalized spacial score (nSPS) is 34.1. The van der Waals surface area contributed by atoms with Crippen molar-refractivity contribution in [2.45, 2.75) is 50.6 Å². The second-order valence-corrected chi connectivity index (χ2v) is 7.26. The van der Waals surface area contributed by atoms with Crippen molar-refractivity contribution in [2.24, 2.45) is 7.05 Å². The molecule has 2 heteroatoms. The minimum atomic E-state index is 0.111. The van der Waals surface area contributed by atoms with E-state index in [2.05, 4.69) is 79.9 Å². The van der Waals surface area contributed by atoms with Crippen LogP contribution in [0.1, 0.15) is 44.7 Å². The lowest BCUT2D eigenvalue weighted by molar-refractivity contribution is 0.164. The molecule has 3 aliphatic rings. The average molecular weight is 280 g/mol. The van der Waals surface area contributed by atoms with Gasteiger partial charge in [0, 0.05) is 24.7 Å². The molecular weight excluding hydrogens is 256 g/mol. The van der Waals surface area contributed by atoms with E-state index < -0.39 is 0 Å². The number of hydrogen-bond donors (Lipinski definition) is 0. The number of rotatable bonds is 1. The molecule has 2 nitrogen and oxygen atoms in total. The van der Waals surface area contributed by atoms with Gasteiger partial charge in [-0.15, -0.1) is 0 Å². The van der Waals surface area contributed by atoms with Gasteiger partial charge >= 0.3 is 0 Å². The third kappa shape index (κ3) is 1.43. The zero-order valence-electron chi connectivity index (χ0n) is 13.4. The minimum Gasteiger partial charge on any atom is -0.345 e. The highest BCUT2D eigenvalue weighted by Crippen LogP contribution is 2.57. The number of piperidine rings is 1. The van der Waals surface area contributed by atoms with Gasteiger partial charge in [0.25, 0.3) is 0 Å². The molecular formula is C19H24N2. The highest BCUT2D eigenvalue weighted by Gasteiger charge is 2.56.